The standard InChI is InChI=1S/C28H26N2O3/c1-32-25-16-14-24(15-17-25)30-28(31)19-21-10-12-23(13-11-21)29-20-22-6-5-9-27(18-22)33-26-7-3-2-4-8-26/h2-18,29H,19-20H2,1H3,(H,30,31). The predicted molar refractivity (Wildman–Crippen MR) is 132 cm³/mol. The van der Waals surface area contributed by atoms with E-state index >= 15 is 0 Å². The fourth-order valence-electron chi connectivity index (χ4n) is 3.35. The van der Waals surface area contributed by atoms with Gasteiger partial charge in [0.2, 0.25) is 5.91 Å². The number of anilines is 2. The van der Waals surface area contributed by atoms with Gasteiger partial charge in [-0.2, -0.15) is 0 Å². The Balaban J connectivity index is 1.28. The van der Waals surface area contributed by atoms with Crippen LogP contribution in [0.3, 0.4) is 0 Å². The number of ether oxygens (including phenoxy) is 2. The molecule has 0 heterocycles. The summed E-state index contributed by atoms with van der Waals surface area (Å²) in [4.78, 5) is 12.3. The van der Waals surface area contributed by atoms with Crippen molar-refractivity contribution in [2.45, 2.75) is 13.0 Å². The molecular formula is C28H26N2O3. The maximum atomic E-state index is 12.3. The first-order valence-electron chi connectivity index (χ1n) is 10.8. The van der Waals surface area contributed by atoms with E-state index in [4.69, 9.17) is 9.47 Å². The van der Waals surface area contributed by atoms with E-state index in [9.17, 15) is 4.79 Å². The zero-order chi connectivity index (χ0) is 22.9. The maximum absolute atomic E-state index is 12.3. The molecule has 4 rings (SSSR count). The van der Waals surface area contributed by atoms with Crippen LogP contribution in [-0.2, 0) is 17.8 Å². The summed E-state index contributed by atoms with van der Waals surface area (Å²) in [6.45, 7) is 0.670. The zero-order valence-corrected chi connectivity index (χ0v) is 18.5. The van der Waals surface area contributed by atoms with E-state index in [0.717, 1.165) is 39.8 Å². The fraction of sp³-hybridized carbons (Fsp3) is 0.107. The largest absolute Gasteiger partial charge is 0.497 e. The van der Waals surface area contributed by atoms with E-state index in [2.05, 4.69) is 16.7 Å². The molecule has 0 saturated heterocycles. The van der Waals surface area contributed by atoms with Gasteiger partial charge < -0.3 is 20.1 Å². The number of benzene rings is 4. The van der Waals surface area contributed by atoms with Crippen molar-refractivity contribution in [3.05, 3.63) is 114 Å². The topological polar surface area (TPSA) is 59.6 Å². The van der Waals surface area contributed by atoms with Crippen molar-refractivity contribution in [1.82, 2.24) is 0 Å². The molecule has 0 unspecified atom stereocenters. The smallest absolute Gasteiger partial charge is 0.228 e. The summed E-state index contributed by atoms with van der Waals surface area (Å²) in [6.07, 6.45) is 0.311. The first-order chi connectivity index (χ1) is 16.2. The summed E-state index contributed by atoms with van der Waals surface area (Å²) in [5.41, 5.74) is 3.80. The molecule has 0 bridgehead atoms. The second-order valence-corrected chi connectivity index (χ2v) is 7.57. The van der Waals surface area contributed by atoms with Crippen molar-refractivity contribution < 1.29 is 14.3 Å². The lowest BCUT2D eigenvalue weighted by Gasteiger charge is -2.10. The highest BCUT2D eigenvalue weighted by Crippen LogP contribution is 2.22. The number of methoxy groups -OCH3 is 1. The van der Waals surface area contributed by atoms with Gasteiger partial charge in [0.1, 0.15) is 17.2 Å². The van der Waals surface area contributed by atoms with Crippen LogP contribution in [0.25, 0.3) is 0 Å². The average molecular weight is 439 g/mol. The molecule has 4 aromatic rings. The van der Waals surface area contributed by atoms with Crippen LogP contribution in [-0.4, -0.2) is 13.0 Å². The number of hydrogen-bond donors (Lipinski definition) is 2. The van der Waals surface area contributed by atoms with Gasteiger partial charge in [-0.3, -0.25) is 4.79 Å². The lowest BCUT2D eigenvalue weighted by molar-refractivity contribution is -0.115. The minimum Gasteiger partial charge on any atom is -0.497 e. The normalized spacial score (nSPS) is 10.3. The molecule has 0 saturated carbocycles. The highest BCUT2D eigenvalue weighted by atomic mass is 16.5. The van der Waals surface area contributed by atoms with E-state index in [1.807, 2.05) is 97.1 Å². The number of para-hydroxylation sites is 1. The molecule has 2 N–H and O–H groups in total. The molecular weight excluding hydrogens is 412 g/mol. The second kappa shape index (κ2) is 10.9. The van der Waals surface area contributed by atoms with Crippen LogP contribution in [0, 0.1) is 0 Å². The van der Waals surface area contributed by atoms with Crippen LogP contribution in [0.2, 0.25) is 0 Å². The molecule has 0 fully saturated rings. The Kier molecular flexibility index (Phi) is 7.23. The van der Waals surface area contributed by atoms with Crippen molar-refractivity contribution in [2.75, 3.05) is 17.7 Å². The van der Waals surface area contributed by atoms with E-state index in [0.29, 0.717) is 13.0 Å². The molecule has 5 nitrogen and oxygen atoms in total. The third kappa shape index (κ3) is 6.61. The number of amides is 1. The van der Waals surface area contributed by atoms with Crippen molar-refractivity contribution in [3.8, 4) is 17.2 Å². The highest BCUT2D eigenvalue weighted by Gasteiger charge is 2.05. The van der Waals surface area contributed by atoms with Crippen LogP contribution in [0.15, 0.2) is 103 Å². The maximum Gasteiger partial charge on any atom is 0.228 e. The molecule has 4 aromatic carbocycles. The SMILES string of the molecule is COc1ccc(NC(=O)Cc2ccc(NCc3cccc(Oc4ccccc4)c3)cc2)cc1. The summed E-state index contributed by atoms with van der Waals surface area (Å²) in [6, 6.07) is 32.9. The molecule has 1 amide bonds. The molecule has 0 radical (unpaired) electrons. The second-order valence-electron chi connectivity index (χ2n) is 7.57. The lowest BCUT2D eigenvalue weighted by Crippen LogP contribution is -2.14. The third-order valence-electron chi connectivity index (χ3n) is 5.07. The predicted octanol–water partition coefficient (Wildman–Crippen LogP) is 6.28. The molecule has 0 aliphatic carbocycles. The highest BCUT2D eigenvalue weighted by molar-refractivity contribution is 5.92. The van der Waals surface area contributed by atoms with Crippen LogP contribution >= 0.6 is 0 Å². The molecule has 0 aromatic heterocycles. The van der Waals surface area contributed by atoms with Crippen molar-refractivity contribution >= 4 is 17.3 Å². The van der Waals surface area contributed by atoms with Gasteiger partial charge in [0, 0.05) is 17.9 Å². The molecule has 0 aliphatic rings. The fourth-order valence-corrected chi connectivity index (χ4v) is 3.35. The van der Waals surface area contributed by atoms with Crippen molar-refractivity contribution in [3.63, 3.8) is 0 Å². The molecule has 0 spiro atoms. The van der Waals surface area contributed by atoms with Gasteiger partial charge >= 0.3 is 0 Å². The number of hydrogen-bond acceptors (Lipinski definition) is 4. The monoisotopic (exact) mass is 438 g/mol. The number of rotatable bonds is 9. The van der Waals surface area contributed by atoms with Crippen LogP contribution in [0.1, 0.15) is 11.1 Å². The van der Waals surface area contributed by atoms with Crippen molar-refractivity contribution in [1.29, 1.82) is 0 Å². The Bertz CT molecular complexity index is 1170. The summed E-state index contributed by atoms with van der Waals surface area (Å²) in [7, 11) is 1.61. The minimum absolute atomic E-state index is 0.0592. The van der Waals surface area contributed by atoms with Crippen molar-refractivity contribution in [2.24, 2.45) is 0 Å². The molecule has 166 valence electrons. The third-order valence-corrected chi connectivity index (χ3v) is 5.07. The Morgan fingerprint density at radius 3 is 2.12 bits per heavy atom. The Labute approximate surface area is 194 Å². The van der Waals surface area contributed by atoms with E-state index in [1.165, 1.54) is 0 Å². The summed E-state index contributed by atoms with van der Waals surface area (Å²) < 4.78 is 11.0. The Hall–Kier alpha value is -4.25. The quantitative estimate of drug-likeness (QED) is 0.323. The van der Waals surface area contributed by atoms with E-state index < -0.39 is 0 Å². The summed E-state index contributed by atoms with van der Waals surface area (Å²) in [5, 5.41) is 6.32. The van der Waals surface area contributed by atoms with Gasteiger partial charge in [0.05, 0.1) is 13.5 Å². The Morgan fingerprint density at radius 2 is 1.39 bits per heavy atom. The van der Waals surface area contributed by atoms with Gasteiger partial charge in [-0.15, -0.1) is 0 Å². The van der Waals surface area contributed by atoms with E-state index in [-0.39, 0.29) is 5.91 Å². The van der Waals surface area contributed by atoms with E-state index in [1.54, 1.807) is 7.11 Å². The van der Waals surface area contributed by atoms with Crippen LogP contribution in [0.5, 0.6) is 17.2 Å². The lowest BCUT2D eigenvalue weighted by atomic mass is 10.1. The minimum atomic E-state index is -0.0592. The zero-order valence-electron chi connectivity index (χ0n) is 18.5. The molecule has 0 aliphatic heterocycles. The van der Waals surface area contributed by atoms with Gasteiger partial charge in [-0.1, -0.05) is 42.5 Å². The van der Waals surface area contributed by atoms with Gasteiger partial charge in [-0.05, 0) is 71.8 Å². The Morgan fingerprint density at radius 1 is 0.697 bits per heavy atom. The molecule has 5 heteroatoms. The van der Waals surface area contributed by atoms with Crippen LogP contribution < -0.4 is 20.1 Å². The first-order valence-corrected chi connectivity index (χ1v) is 10.8. The van der Waals surface area contributed by atoms with Gasteiger partial charge in [0.25, 0.3) is 0 Å². The average Bonchev–Trinajstić information content (AvgIpc) is 2.85. The molecule has 33 heavy (non-hydrogen) atoms. The molecule has 0 atom stereocenters. The number of carbonyl (C=O) groups is 1. The first kappa shape index (κ1) is 22.0. The summed E-state index contributed by atoms with van der Waals surface area (Å²) in [5.74, 6) is 2.32. The van der Waals surface area contributed by atoms with Gasteiger partial charge in [0.15, 0.2) is 0 Å². The number of nitrogens with one attached hydrogen (secondary N) is 2. The summed E-state index contributed by atoms with van der Waals surface area (Å²) >= 11 is 0. The van der Waals surface area contributed by atoms with Crippen LogP contribution in [0.4, 0.5) is 11.4 Å². The van der Waals surface area contributed by atoms with Gasteiger partial charge in [-0.25, -0.2) is 0 Å². The number of carbonyl (C=O) groups excluding carboxylic acids is 1.